The summed E-state index contributed by atoms with van der Waals surface area (Å²) in [5, 5.41) is 8.36. The van der Waals surface area contributed by atoms with Crippen LogP contribution in [0.4, 0.5) is 5.13 Å². The molecule has 14 heavy (non-hydrogen) atoms. The van der Waals surface area contributed by atoms with E-state index < -0.39 is 0 Å². The fourth-order valence-electron chi connectivity index (χ4n) is 1.04. The second-order valence-electron chi connectivity index (χ2n) is 2.83. The van der Waals surface area contributed by atoms with E-state index in [0.29, 0.717) is 0 Å². The minimum absolute atomic E-state index is 0.764. The summed E-state index contributed by atoms with van der Waals surface area (Å²) in [5.74, 6) is 0. The van der Waals surface area contributed by atoms with Crippen LogP contribution in [0.1, 0.15) is 18.3 Å². The van der Waals surface area contributed by atoms with E-state index in [2.05, 4.69) is 27.6 Å². The Morgan fingerprint density at radius 2 is 2.29 bits per heavy atom. The Hall–Kier alpha value is -0.940. The van der Waals surface area contributed by atoms with Crippen LogP contribution < -0.4 is 5.32 Å². The van der Waals surface area contributed by atoms with E-state index in [1.165, 1.54) is 0 Å². The summed E-state index contributed by atoms with van der Waals surface area (Å²) in [6.45, 7) is 2.87. The van der Waals surface area contributed by atoms with Gasteiger partial charge in [-0.3, -0.25) is 0 Å². The molecule has 2 aromatic heterocycles. The Balaban J connectivity index is 1.92. The van der Waals surface area contributed by atoms with Gasteiger partial charge in [-0.05, 0) is 6.42 Å². The van der Waals surface area contributed by atoms with Gasteiger partial charge in [0.1, 0.15) is 0 Å². The smallest absolute Gasteiger partial charge is 0.183 e. The number of anilines is 1. The van der Waals surface area contributed by atoms with Gasteiger partial charge < -0.3 is 5.32 Å². The van der Waals surface area contributed by atoms with E-state index in [4.69, 9.17) is 0 Å². The molecule has 0 saturated carbocycles. The first-order valence-corrected chi connectivity index (χ1v) is 6.26. The molecule has 0 unspecified atom stereocenters. The largest absolute Gasteiger partial charge is 0.356 e. The van der Waals surface area contributed by atoms with Crippen molar-refractivity contribution in [3.05, 3.63) is 27.7 Å². The summed E-state index contributed by atoms with van der Waals surface area (Å²) >= 11 is 3.27. The maximum Gasteiger partial charge on any atom is 0.183 e. The lowest BCUT2D eigenvalue weighted by Crippen LogP contribution is -1.98. The zero-order chi connectivity index (χ0) is 9.80. The molecule has 0 amide bonds. The molecule has 0 radical (unpaired) electrons. The molecule has 3 nitrogen and oxygen atoms in total. The summed E-state index contributed by atoms with van der Waals surface area (Å²) in [6.07, 6.45) is 0.995. The highest BCUT2D eigenvalue weighted by Gasteiger charge is 2.00. The second-order valence-corrected chi connectivity index (χ2v) is 4.41. The van der Waals surface area contributed by atoms with Gasteiger partial charge in [-0.15, -0.1) is 22.7 Å². The van der Waals surface area contributed by atoms with Gasteiger partial charge in [0.2, 0.25) is 0 Å². The number of aromatic nitrogens is 2. The number of thiazole rings is 2. The lowest BCUT2D eigenvalue weighted by atomic mass is 10.4. The van der Waals surface area contributed by atoms with Gasteiger partial charge in [0.25, 0.3) is 0 Å². The first-order chi connectivity index (χ1) is 6.88. The average molecular weight is 225 g/mol. The Morgan fingerprint density at radius 3 is 2.93 bits per heavy atom. The van der Waals surface area contributed by atoms with Crippen molar-refractivity contribution in [1.29, 1.82) is 0 Å². The van der Waals surface area contributed by atoms with Crippen LogP contribution in [0.2, 0.25) is 0 Å². The number of rotatable bonds is 4. The van der Waals surface area contributed by atoms with E-state index in [-0.39, 0.29) is 0 Å². The molecule has 5 heteroatoms. The minimum atomic E-state index is 0.764. The molecule has 0 aliphatic carbocycles. The number of nitrogens with one attached hydrogen (secondary N) is 1. The Bertz CT molecular complexity index is 380. The Labute approximate surface area is 90.9 Å². The second kappa shape index (κ2) is 4.52. The first kappa shape index (κ1) is 9.61. The van der Waals surface area contributed by atoms with Gasteiger partial charge in [0, 0.05) is 10.8 Å². The molecule has 0 aliphatic rings. The molecule has 1 N–H and O–H groups in total. The van der Waals surface area contributed by atoms with Crippen molar-refractivity contribution in [3.63, 3.8) is 0 Å². The topological polar surface area (TPSA) is 37.8 Å². The van der Waals surface area contributed by atoms with Crippen molar-refractivity contribution in [3.8, 4) is 0 Å². The van der Waals surface area contributed by atoms with Crippen molar-refractivity contribution < 1.29 is 0 Å². The maximum absolute atomic E-state index is 4.41. The predicted octanol–water partition coefficient (Wildman–Crippen LogP) is 2.77. The van der Waals surface area contributed by atoms with Crippen molar-refractivity contribution in [2.75, 3.05) is 5.32 Å². The average Bonchev–Trinajstić information content (AvgIpc) is 2.86. The van der Waals surface area contributed by atoms with Crippen LogP contribution in [0.3, 0.4) is 0 Å². The van der Waals surface area contributed by atoms with Crippen molar-refractivity contribution >= 4 is 27.8 Å². The monoisotopic (exact) mass is 225 g/mol. The molecule has 2 heterocycles. The molecule has 0 aromatic carbocycles. The predicted molar refractivity (Wildman–Crippen MR) is 60.9 cm³/mol. The van der Waals surface area contributed by atoms with Gasteiger partial charge >= 0.3 is 0 Å². The fourth-order valence-corrected chi connectivity index (χ4v) is 2.39. The number of hydrogen-bond acceptors (Lipinski definition) is 5. The zero-order valence-electron chi connectivity index (χ0n) is 7.86. The third-order valence-electron chi connectivity index (χ3n) is 1.82. The van der Waals surface area contributed by atoms with Gasteiger partial charge in [-0.1, -0.05) is 6.92 Å². The maximum atomic E-state index is 4.41. The van der Waals surface area contributed by atoms with Gasteiger partial charge in [-0.25, -0.2) is 9.97 Å². The summed E-state index contributed by atoms with van der Waals surface area (Å²) < 4.78 is 0. The Kier molecular flexibility index (Phi) is 3.10. The normalized spacial score (nSPS) is 10.4. The highest BCUT2D eigenvalue weighted by atomic mass is 32.1. The summed E-state index contributed by atoms with van der Waals surface area (Å²) in [7, 11) is 0. The quantitative estimate of drug-likeness (QED) is 0.869. The highest BCUT2D eigenvalue weighted by Crippen LogP contribution is 2.16. The molecular weight excluding hydrogens is 214 g/mol. The summed E-state index contributed by atoms with van der Waals surface area (Å²) in [6, 6.07) is 0. The first-order valence-electron chi connectivity index (χ1n) is 4.44. The molecule has 2 aromatic rings. The van der Waals surface area contributed by atoms with Crippen molar-refractivity contribution in [2.45, 2.75) is 19.9 Å². The summed E-state index contributed by atoms with van der Waals surface area (Å²) in [5.41, 5.74) is 4.06. The highest BCUT2D eigenvalue weighted by molar-refractivity contribution is 7.13. The SMILES string of the molecule is CCc1csc(NCc2cscn2)n1. The fraction of sp³-hybridized carbons (Fsp3) is 0.333. The van der Waals surface area contributed by atoms with Gasteiger partial charge in [0.05, 0.1) is 23.4 Å². The van der Waals surface area contributed by atoms with Crippen LogP contribution in [-0.2, 0) is 13.0 Å². The summed E-state index contributed by atoms with van der Waals surface area (Å²) in [4.78, 5) is 8.60. The van der Waals surface area contributed by atoms with Gasteiger partial charge in [-0.2, -0.15) is 0 Å². The number of nitrogens with zero attached hydrogens (tertiary/aromatic N) is 2. The van der Waals surface area contributed by atoms with Crippen LogP contribution >= 0.6 is 22.7 Å². The van der Waals surface area contributed by atoms with E-state index in [9.17, 15) is 0 Å². The molecule has 0 atom stereocenters. The van der Waals surface area contributed by atoms with E-state index in [1.807, 2.05) is 10.9 Å². The Morgan fingerprint density at radius 1 is 1.36 bits per heavy atom. The molecule has 0 bridgehead atoms. The third kappa shape index (κ3) is 2.30. The lowest BCUT2D eigenvalue weighted by Gasteiger charge is -1.97. The van der Waals surface area contributed by atoms with Crippen molar-refractivity contribution in [2.24, 2.45) is 0 Å². The number of aryl methyl sites for hydroxylation is 1. The minimum Gasteiger partial charge on any atom is -0.356 e. The third-order valence-corrected chi connectivity index (χ3v) is 3.30. The van der Waals surface area contributed by atoms with Crippen LogP contribution in [-0.4, -0.2) is 9.97 Å². The standard InChI is InChI=1S/C9H11N3S2/c1-2-7-5-14-9(12-7)10-3-8-4-13-6-11-8/h4-6H,2-3H2,1H3,(H,10,12). The molecular formula is C9H11N3S2. The molecule has 0 saturated heterocycles. The molecule has 2 rings (SSSR count). The molecule has 74 valence electrons. The van der Waals surface area contributed by atoms with Crippen LogP contribution in [0.25, 0.3) is 0 Å². The van der Waals surface area contributed by atoms with Crippen molar-refractivity contribution in [1.82, 2.24) is 9.97 Å². The molecule has 0 spiro atoms. The van der Waals surface area contributed by atoms with E-state index in [1.54, 1.807) is 22.7 Å². The molecule has 0 fully saturated rings. The number of hydrogen-bond donors (Lipinski definition) is 1. The van der Waals surface area contributed by atoms with Gasteiger partial charge in [0.15, 0.2) is 5.13 Å². The zero-order valence-corrected chi connectivity index (χ0v) is 9.49. The van der Waals surface area contributed by atoms with E-state index >= 15 is 0 Å². The van der Waals surface area contributed by atoms with Crippen LogP contribution in [0.15, 0.2) is 16.3 Å². The lowest BCUT2D eigenvalue weighted by molar-refractivity contribution is 1.03. The molecule has 0 aliphatic heterocycles. The van der Waals surface area contributed by atoms with Crippen LogP contribution in [0, 0.1) is 0 Å². The van der Waals surface area contributed by atoms with Crippen LogP contribution in [0.5, 0.6) is 0 Å². The van der Waals surface area contributed by atoms with E-state index in [0.717, 1.165) is 29.5 Å².